The Bertz CT molecular complexity index is 1220. The van der Waals surface area contributed by atoms with Gasteiger partial charge < -0.3 is 14.8 Å². The average Bonchev–Trinajstić information content (AvgIpc) is 3.39. The van der Waals surface area contributed by atoms with E-state index in [1.54, 1.807) is 0 Å². The maximum atomic E-state index is 5.88. The standard InChI is InChI=1S/C27H26N4S/c1-3-20-13-15-22(16-14-20)31-26(25(29-27(31)32)23-11-7-8-18-28-23)24-17-12-19(2)30(24)21-9-5-4-6-10-21/h4-18,25-26H,3H2,1-2H3,(H,29,32)/t25-,26-/m1/s1. The first kappa shape index (κ1) is 20.5. The summed E-state index contributed by atoms with van der Waals surface area (Å²) in [6.07, 6.45) is 2.86. The predicted octanol–water partition coefficient (Wildman–Crippen LogP) is 5.92. The van der Waals surface area contributed by atoms with Gasteiger partial charge in [0.15, 0.2) is 5.11 Å². The number of anilines is 1. The summed E-state index contributed by atoms with van der Waals surface area (Å²) in [6.45, 7) is 4.32. The highest BCUT2D eigenvalue weighted by atomic mass is 32.1. The Hall–Kier alpha value is -3.44. The summed E-state index contributed by atoms with van der Waals surface area (Å²) < 4.78 is 2.32. The molecule has 3 heterocycles. The molecule has 0 spiro atoms. The average molecular weight is 439 g/mol. The van der Waals surface area contributed by atoms with Crippen LogP contribution in [0.25, 0.3) is 5.69 Å². The number of rotatable bonds is 5. The Labute approximate surface area is 194 Å². The van der Waals surface area contributed by atoms with Crippen molar-refractivity contribution < 1.29 is 0 Å². The molecule has 0 amide bonds. The Morgan fingerprint density at radius 1 is 0.875 bits per heavy atom. The van der Waals surface area contributed by atoms with Gasteiger partial charge in [-0.2, -0.15) is 0 Å². The monoisotopic (exact) mass is 438 g/mol. The fraction of sp³-hybridized carbons (Fsp3) is 0.185. The van der Waals surface area contributed by atoms with Gasteiger partial charge in [0.05, 0.1) is 11.7 Å². The number of benzene rings is 2. The molecule has 0 aliphatic carbocycles. The van der Waals surface area contributed by atoms with Gasteiger partial charge in [-0.05, 0) is 79.7 Å². The van der Waals surface area contributed by atoms with Gasteiger partial charge in [-0.1, -0.05) is 43.3 Å². The van der Waals surface area contributed by atoms with Crippen LogP contribution in [-0.2, 0) is 6.42 Å². The van der Waals surface area contributed by atoms with Crippen molar-refractivity contribution in [3.8, 4) is 5.69 Å². The lowest BCUT2D eigenvalue weighted by atomic mass is 10.0. The first-order chi connectivity index (χ1) is 15.7. The highest BCUT2D eigenvalue weighted by Gasteiger charge is 2.42. The van der Waals surface area contributed by atoms with E-state index in [2.05, 4.69) is 100 Å². The van der Waals surface area contributed by atoms with Crippen molar-refractivity contribution in [3.63, 3.8) is 0 Å². The van der Waals surface area contributed by atoms with Crippen LogP contribution in [0.2, 0.25) is 0 Å². The van der Waals surface area contributed by atoms with Gasteiger partial charge >= 0.3 is 0 Å². The summed E-state index contributed by atoms with van der Waals surface area (Å²) in [7, 11) is 0. The summed E-state index contributed by atoms with van der Waals surface area (Å²) in [5.41, 5.74) is 6.88. The number of aromatic nitrogens is 2. The Kier molecular flexibility index (Phi) is 5.50. The van der Waals surface area contributed by atoms with Crippen LogP contribution in [0.3, 0.4) is 0 Å². The molecule has 0 saturated carbocycles. The van der Waals surface area contributed by atoms with Crippen molar-refractivity contribution in [2.24, 2.45) is 0 Å². The van der Waals surface area contributed by atoms with Gasteiger partial charge in [0.2, 0.25) is 0 Å². The van der Waals surface area contributed by atoms with E-state index >= 15 is 0 Å². The van der Waals surface area contributed by atoms with Crippen molar-refractivity contribution in [3.05, 3.63) is 114 Å². The lowest BCUT2D eigenvalue weighted by molar-refractivity contribution is 0.548. The molecule has 0 radical (unpaired) electrons. The number of nitrogens with zero attached hydrogens (tertiary/aromatic N) is 3. The maximum absolute atomic E-state index is 5.88. The van der Waals surface area contributed by atoms with Crippen LogP contribution >= 0.6 is 12.2 Å². The summed E-state index contributed by atoms with van der Waals surface area (Å²) >= 11 is 5.88. The van der Waals surface area contributed by atoms with E-state index in [1.165, 1.54) is 17.0 Å². The van der Waals surface area contributed by atoms with Crippen molar-refractivity contribution >= 4 is 23.0 Å². The fourth-order valence-corrected chi connectivity index (χ4v) is 4.89. The molecule has 1 aliphatic rings. The second-order valence-corrected chi connectivity index (χ2v) is 8.47. The highest BCUT2D eigenvalue weighted by Crippen LogP contribution is 2.42. The molecule has 5 rings (SSSR count). The lowest BCUT2D eigenvalue weighted by Gasteiger charge is -2.29. The van der Waals surface area contributed by atoms with Crippen LogP contribution in [0.5, 0.6) is 0 Å². The van der Waals surface area contributed by atoms with Crippen LogP contribution in [0, 0.1) is 6.92 Å². The zero-order valence-electron chi connectivity index (χ0n) is 18.3. The molecule has 4 nitrogen and oxygen atoms in total. The molecular weight excluding hydrogens is 412 g/mol. The summed E-state index contributed by atoms with van der Waals surface area (Å²) in [6, 6.07) is 29.5. The summed E-state index contributed by atoms with van der Waals surface area (Å²) in [5, 5.41) is 4.28. The number of nitrogens with one attached hydrogen (secondary N) is 1. The molecular formula is C27H26N4S. The number of aryl methyl sites for hydroxylation is 2. The van der Waals surface area contributed by atoms with E-state index in [9.17, 15) is 0 Å². The minimum absolute atomic E-state index is 0.0428. The molecule has 0 bridgehead atoms. The number of thiocarbonyl (C=S) groups is 1. The first-order valence-electron chi connectivity index (χ1n) is 11.0. The van der Waals surface area contributed by atoms with Gasteiger partial charge in [0.1, 0.15) is 6.04 Å². The number of pyridine rings is 1. The normalized spacial score (nSPS) is 18.1. The zero-order valence-corrected chi connectivity index (χ0v) is 19.1. The zero-order chi connectivity index (χ0) is 22.1. The van der Waals surface area contributed by atoms with Crippen molar-refractivity contribution in [2.75, 3.05) is 4.90 Å². The minimum atomic E-state index is -0.0636. The van der Waals surface area contributed by atoms with Crippen molar-refractivity contribution in [1.29, 1.82) is 0 Å². The van der Waals surface area contributed by atoms with Gasteiger partial charge in [0, 0.05) is 29.0 Å². The van der Waals surface area contributed by atoms with Crippen LogP contribution in [0.4, 0.5) is 5.69 Å². The third kappa shape index (κ3) is 3.59. The molecule has 2 aromatic heterocycles. The molecule has 1 fully saturated rings. The summed E-state index contributed by atoms with van der Waals surface area (Å²) in [5.74, 6) is 0. The second kappa shape index (κ2) is 8.60. The largest absolute Gasteiger partial charge is 0.351 e. The van der Waals surface area contributed by atoms with E-state index in [0.29, 0.717) is 5.11 Å². The molecule has 1 N–H and O–H groups in total. The topological polar surface area (TPSA) is 33.1 Å². The lowest BCUT2D eigenvalue weighted by Crippen LogP contribution is -2.30. The smallest absolute Gasteiger partial charge is 0.174 e. The summed E-state index contributed by atoms with van der Waals surface area (Å²) in [4.78, 5) is 6.92. The molecule has 1 aliphatic heterocycles. The van der Waals surface area contributed by atoms with Crippen molar-refractivity contribution in [1.82, 2.24) is 14.9 Å². The van der Waals surface area contributed by atoms with Crippen LogP contribution in [0.15, 0.2) is 91.1 Å². The first-order valence-corrected chi connectivity index (χ1v) is 11.4. The quantitative estimate of drug-likeness (QED) is 0.392. The molecule has 5 heteroatoms. The molecule has 0 unspecified atom stereocenters. The molecule has 2 atom stereocenters. The number of hydrogen-bond donors (Lipinski definition) is 1. The number of para-hydroxylation sites is 1. The van der Waals surface area contributed by atoms with Gasteiger partial charge in [-0.15, -0.1) is 0 Å². The van der Waals surface area contributed by atoms with E-state index in [1.807, 2.05) is 24.4 Å². The van der Waals surface area contributed by atoms with E-state index < -0.39 is 0 Å². The van der Waals surface area contributed by atoms with Crippen LogP contribution in [-0.4, -0.2) is 14.7 Å². The van der Waals surface area contributed by atoms with E-state index in [0.717, 1.165) is 23.5 Å². The molecule has 2 aromatic carbocycles. The SMILES string of the molecule is CCc1ccc(N2C(=S)N[C@H](c3ccccn3)[C@H]2c2ccc(C)n2-c2ccccc2)cc1. The van der Waals surface area contributed by atoms with Gasteiger partial charge in [-0.3, -0.25) is 4.98 Å². The third-order valence-corrected chi connectivity index (χ3v) is 6.46. The maximum Gasteiger partial charge on any atom is 0.174 e. The van der Waals surface area contributed by atoms with Crippen LogP contribution in [0.1, 0.15) is 41.7 Å². The van der Waals surface area contributed by atoms with Gasteiger partial charge in [-0.25, -0.2) is 0 Å². The van der Waals surface area contributed by atoms with Crippen molar-refractivity contribution in [2.45, 2.75) is 32.4 Å². The van der Waals surface area contributed by atoms with Gasteiger partial charge in [0.25, 0.3) is 0 Å². The van der Waals surface area contributed by atoms with E-state index in [-0.39, 0.29) is 12.1 Å². The van der Waals surface area contributed by atoms with E-state index in [4.69, 9.17) is 12.2 Å². The van der Waals surface area contributed by atoms with Crippen LogP contribution < -0.4 is 10.2 Å². The Morgan fingerprint density at radius 3 is 2.31 bits per heavy atom. The molecule has 32 heavy (non-hydrogen) atoms. The Morgan fingerprint density at radius 2 is 1.62 bits per heavy atom. The number of hydrogen-bond acceptors (Lipinski definition) is 2. The molecule has 1 saturated heterocycles. The second-order valence-electron chi connectivity index (χ2n) is 8.09. The highest BCUT2D eigenvalue weighted by molar-refractivity contribution is 7.80. The fourth-order valence-electron chi connectivity index (χ4n) is 4.54. The minimum Gasteiger partial charge on any atom is -0.351 e. The Balaban J connectivity index is 1.68. The third-order valence-electron chi connectivity index (χ3n) is 6.14. The molecule has 4 aromatic rings. The predicted molar refractivity (Wildman–Crippen MR) is 134 cm³/mol. The molecule has 160 valence electrons.